The van der Waals surface area contributed by atoms with Crippen LogP contribution in [0.15, 0.2) is 0 Å². The molecule has 1 unspecified atom stereocenters. The van der Waals surface area contributed by atoms with Crippen molar-refractivity contribution in [3.8, 4) is 0 Å². The van der Waals surface area contributed by atoms with Gasteiger partial charge in [0.2, 0.25) is 0 Å². The molecule has 15 heavy (non-hydrogen) atoms. The summed E-state index contributed by atoms with van der Waals surface area (Å²) in [6.07, 6.45) is 2.71. The quantitative estimate of drug-likeness (QED) is 0.696. The zero-order valence-electron chi connectivity index (χ0n) is 10.4. The molecule has 0 bridgehead atoms. The largest absolute Gasteiger partial charge is 0.377 e. The van der Waals surface area contributed by atoms with Crippen molar-refractivity contribution in [1.82, 2.24) is 4.90 Å². The fraction of sp³-hybridized carbons (Fsp3) is 0.917. The van der Waals surface area contributed by atoms with Crippen LogP contribution < -0.4 is 0 Å². The summed E-state index contributed by atoms with van der Waals surface area (Å²) < 4.78 is 5.57. The molecule has 1 heterocycles. The van der Waals surface area contributed by atoms with Gasteiger partial charge in [0.1, 0.15) is 5.78 Å². The standard InChI is InChI=1S/C12H23NO2/c1-10(14)12(2,3)9-13(4)8-11-6-5-7-15-11/h11H,5-9H2,1-4H3. The molecule has 0 aliphatic carbocycles. The highest BCUT2D eigenvalue weighted by molar-refractivity contribution is 5.81. The number of carbonyl (C=O) groups is 1. The second kappa shape index (κ2) is 5.08. The lowest BCUT2D eigenvalue weighted by Gasteiger charge is -2.29. The Balaban J connectivity index is 2.34. The van der Waals surface area contributed by atoms with Gasteiger partial charge >= 0.3 is 0 Å². The lowest BCUT2D eigenvalue weighted by molar-refractivity contribution is -0.125. The molecule has 0 spiro atoms. The number of nitrogens with zero attached hydrogens (tertiary/aromatic N) is 1. The average Bonchev–Trinajstić information content (AvgIpc) is 2.54. The molecule has 3 heteroatoms. The highest BCUT2D eigenvalue weighted by atomic mass is 16.5. The van der Waals surface area contributed by atoms with Crippen molar-refractivity contribution >= 4 is 5.78 Å². The third kappa shape index (κ3) is 3.92. The monoisotopic (exact) mass is 213 g/mol. The molecule has 88 valence electrons. The van der Waals surface area contributed by atoms with E-state index in [-0.39, 0.29) is 11.2 Å². The molecule has 1 fully saturated rings. The predicted octanol–water partition coefficient (Wildman–Crippen LogP) is 1.71. The van der Waals surface area contributed by atoms with E-state index in [0.29, 0.717) is 6.10 Å². The zero-order chi connectivity index (χ0) is 11.5. The smallest absolute Gasteiger partial charge is 0.136 e. The molecule has 0 N–H and O–H groups in total. The molecular formula is C12H23NO2. The predicted molar refractivity (Wildman–Crippen MR) is 60.9 cm³/mol. The van der Waals surface area contributed by atoms with E-state index in [2.05, 4.69) is 11.9 Å². The minimum Gasteiger partial charge on any atom is -0.377 e. The van der Waals surface area contributed by atoms with E-state index in [4.69, 9.17) is 4.74 Å². The van der Waals surface area contributed by atoms with Crippen molar-refractivity contribution in [1.29, 1.82) is 0 Å². The summed E-state index contributed by atoms with van der Waals surface area (Å²) >= 11 is 0. The van der Waals surface area contributed by atoms with Gasteiger partial charge in [-0.2, -0.15) is 0 Å². The maximum Gasteiger partial charge on any atom is 0.136 e. The number of likely N-dealkylation sites (N-methyl/N-ethyl adjacent to an activating group) is 1. The van der Waals surface area contributed by atoms with Gasteiger partial charge in [0.15, 0.2) is 0 Å². The van der Waals surface area contributed by atoms with Crippen LogP contribution in [0.1, 0.15) is 33.6 Å². The zero-order valence-corrected chi connectivity index (χ0v) is 10.4. The summed E-state index contributed by atoms with van der Waals surface area (Å²) in [7, 11) is 2.06. The van der Waals surface area contributed by atoms with Gasteiger partial charge in [0, 0.05) is 25.1 Å². The minimum atomic E-state index is -0.243. The van der Waals surface area contributed by atoms with Gasteiger partial charge in [-0.05, 0) is 26.8 Å². The van der Waals surface area contributed by atoms with E-state index < -0.39 is 0 Å². The molecule has 1 aliphatic rings. The van der Waals surface area contributed by atoms with Crippen LogP contribution in [0, 0.1) is 5.41 Å². The third-order valence-corrected chi connectivity index (χ3v) is 3.16. The highest BCUT2D eigenvalue weighted by Crippen LogP contribution is 2.19. The lowest BCUT2D eigenvalue weighted by atomic mass is 9.88. The van der Waals surface area contributed by atoms with E-state index >= 15 is 0 Å². The summed E-state index contributed by atoms with van der Waals surface area (Å²) in [6, 6.07) is 0. The number of rotatable bonds is 5. The van der Waals surface area contributed by atoms with Crippen molar-refractivity contribution in [3.63, 3.8) is 0 Å². The van der Waals surface area contributed by atoms with Crippen LogP contribution in [0.4, 0.5) is 0 Å². The number of ether oxygens (including phenoxy) is 1. The number of hydrogen-bond acceptors (Lipinski definition) is 3. The SMILES string of the molecule is CC(=O)C(C)(C)CN(C)CC1CCCO1. The Labute approximate surface area is 92.8 Å². The number of carbonyl (C=O) groups excluding carboxylic acids is 1. The fourth-order valence-electron chi connectivity index (χ4n) is 1.99. The molecule has 0 aromatic rings. The highest BCUT2D eigenvalue weighted by Gasteiger charge is 2.27. The Morgan fingerprint density at radius 3 is 2.67 bits per heavy atom. The normalized spacial score (nSPS) is 22.3. The van der Waals surface area contributed by atoms with E-state index in [1.54, 1.807) is 6.92 Å². The number of Topliss-reactive ketones (excluding diaryl/α,β-unsaturated/α-hetero) is 1. The molecule has 1 aliphatic heterocycles. The molecular weight excluding hydrogens is 190 g/mol. The minimum absolute atomic E-state index is 0.243. The number of ketones is 1. The summed E-state index contributed by atoms with van der Waals surface area (Å²) in [5.74, 6) is 0.252. The van der Waals surface area contributed by atoms with E-state index in [0.717, 1.165) is 26.1 Å². The second-order valence-electron chi connectivity index (χ2n) is 5.27. The van der Waals surface area contributed by atoms with Gasteiger partial charge < -0.3 is 9.64 Å². The summed E-state index contributed by atoms with van der Waals surface area (Å²) in [5.41, 5.74) is -0.243. The first-order valence-corrected chi connectivity index (χ1v) is 5.73. The van der Waals surface area contributed by atoms with Crippen LogP contribution in [0.2, 0.25) is 0 Å². The van der Waals surface area contributed by atoms with Crippen molar-refractivity contribution in [3.05, 3.63) is 0 Å². The van der Waals surface area contributed by atoms with Gasteiger partial charge in [-0.15, -0.1) is 0 Å². The van der Waals surface area contributed by atoms with Crippen molar-refractivity contribution in [2.24, 2.45) is 5.41 Å². The topological polar surface area (TPSA) is 29.5 Å². The van der Waals surface area contributed by atoms with E-state index in [1.807, 2.05) is 13.8 Å². The van der Waals surface area contributed by atoms with Crippen molar-refractivity contribution < 1.29 is 9.53 Å². The Bertz CT molecular complexity index is 220. The van der Waals surface area contributed by atoms with Crippen molar-refractivity contribution in [2.45, 2.75) is 39.7 Å². The Morgan fingerprint density at radius 2 is 2.20 bits per heavy atom. The Kier molecular flexibility index (Phi) is 4.29. The first kappa shape index (κ1) is 12.7. The van der Waals surface area contributed by atoms with Crippen LogP contribution in [0.3, 0.4) is 0 Å². The van der Waals surface area contributed by atoms with Crippen molar-refractivity contribution in [2.75, 3.05) is 26.7 Å². The van der Waals surface area contributed by atoms with Gasteiger partial charge in [-0.3, -0.25) is 4.79 Å². The molecule has 0 aromatic heterocycles. The molecule has 0 radical (unpaired) electrons. The van der Waals surface area contributed by atoms with Crippen LogP contribution in [0.5, 0.6) is 0 Å². The average molecular weight is 213 g/mol. The summed E-state index contributed by atoms with van der Waals surface area (Å²) in [6.45, 7) is 8.32. The van der Waals surface area contributed by atoms with E-state index in [9.17, 15) is 4.79 Å². The fourth-order valence-corrected chi connectivity index (χ4v) is 1.99. The second-order valence-corrected chi connectivity index (χ2v) is 5.27. The van der Waals surface area contributed by atoms with Crippen LogP contribution >= 0.6 is 0 Å². The molecule has 0 saturated carbocycles. The number of hydrogen-bond donors (Lipinski definition) is 0. The maximum absolute atomic E-state index is 11.4. The van der Waals surface area contributed by atoms with Crippen LogP contribution in [-0.4, -0.2) is 43.5 Å². The Hall–Kier alpha value is -0.410. The van der Waals surface area contributed by atoms with Gasteiger partial charge in [0.05, 0.1) is 6.10 Å². The summed E-state index contributed by atoms with van der Waals surface area (Å²) in [5, 5.41) is 0. The van der Waals surface area contributed by atoms with Crippen LogP contribution in [-0.2, 0) is 9.53 Å². The molecule has 0 amide bonds. The Morgan fingerprint density at radius 1 is 1.53 bits per heavy atom. The molecule has 0 aromatic carbocycles. The third-order valence-electron chi connectivity index (χ3n) is 3.16. The van der Waals surface area contributed by atoms with Crippen LogP contribution in [0.25, 0.3) is 0 Å². The summed E-state index contributed by atoms with van der Waals surface area (Å²) in [4.78, 5) is 13.6. The lowest BCUT2D eigenvalue weighted by Crippen LogP contribution is -2.39. The van der Waals surface area contributed by atoms with Gasteiger partial charge in [0.25, 0.3) is 0 Å². The molecule has 1 rings (SSSR count). The maximum atomic E-state index is 11.4. The molecule has 1 saturated heterocycles. The van der Waals surface area contributed by atoms with Gasteiger partial charge in [-0.25, -0.2) is 0 Å². The first-order valence-electron chi connectivity index (χ1n) is 5.73. The first-order chi connectivity index (χ1) is 6.92. The van der Waals surface area contributed by atoms with Gasteiger partial charge in [-0.1, -0.05) is 13.8 Å². The molecule has 1 atom stereocenters. The van der Waals surface area contributed by atoms with E-state index in [1.165, 1.54) is 6.42 Å². The molecule has 3 nitrogen and oxygen atoms in total.